The van der Waals surface area contributed by atoms with E-state index in [1.165, 1.54) is 18.4 Å². The van der Waals surface area contributed by atoms with Crippen molar-refractivity contribution in [3.63, 3.8) is 0 Å². The van der Waals surface area contributed by atoms with Crippen LogP contribution in [0.15, 0.2) is 48.5 Å². The average molecular weight is 450 g/mol. The third-order valence-electron chi connectivity index (χ3n) is 3.69. The molecule has 29 heavy (non-hydrogen) atoms. The fraction of sp³-hybridized carbons (Fsp3) is 0.105. The highest BCUT2D eigenvalue weighted by atomic mass is 35.5. The molecule has 3 aromatic rings. The summed E-state index contributed by atoms with van der Waals surface area (Å²) < 4.78 is 10.9. The number of hydrogen-bond donors (Lipinski definition) is 3. The molecule has 1 amide bonds. The van der Waals surface area contributed by atoms with Gasteiger partial charge in [-0.1, -0.05) is 29.8 Å². The van der Waals surface area contributed by atoms with Gasteiger partial charge in [-0.3, -0.25) is 15.6 Å². The van der Waals surface area contributed by atoms with Crippen molar-refractivity contribution in [3.8, 4) is 5.75 Å². The Morgan fingerprint density at radius 1 is 1.14 bits per heavy atom. The number of anilines is 1. The number of thiocarbonyl (C=S) groups is 1. The molecule has 0 unspecified atom stereocenters. The van der Waals surface area contributed by atoms with Crippen LogP contribution in [0.5, 0.6) is 5.75 Å². The molecule has 0 aliphatic heterocycles. The molecule has 3 rings (SSSR count). The average Bonchev–Trinajstić information content (AvgIpc) is 3.06. The Balaban J connectivity index is 1.54. The van der Waals surface area contributed by atoms with Crippen LogP contribution in [0.2, 0.25) is 5.02 Å². The first-order chi connectivity index (χ1) is 14.0. The van der Waals surface area contributed by atoms with E-state index in [0.29, 0.717) is 21.3 Å². The third-order valence-corrected chi connectivity index (χ3v) is 5.53. The summed E-state index contributed by atoms with van der Waals surface area (Å²) in [4.78, 5) is 23.9. The van der Waals surface area contributed by atoms with Crippen molar-refractivity contribution in [2.75, 3.05) is 19.0 Å². The number of rotatable bonds is 5. The van der Waals surface area contributed by atoms with E-state index in [9.17, 15) is 9.59 Å². The van der Waals surface area contributed by atoms with Crippen LogP contribution in [-0.4, -0.2) is 30.7 Å². The highest BCUT2D eigenvalue weighted by Crippen LogP contribution is 2.37. The minimum absolute atomic E-state index is 0.157. The van der Waals surface area contributed by atoms with Crippen LogP contribution in [0.4, 0.5) is 5.69 Å². The summed E-state index contributed by atoms with van der Waals surface area (Å²) in [5.41, 5.74) is 5.72. The number of amides is 1. The van der Waals surface area contributed by atoms with Crippen LogP contribution in [-0.2, 0) is 9.53 Å². The van der Waals surface area contributed by atoms with Crippen molar-refractivity contribution in [2.24, 2.45) is 0 Å². The van der Waals surface area contributed by atoms with Gasteiger partial charge in [-0.15, -0.1) is 11.3 Å². The van der Waals surface area contributed by atoms with Gasteiger partial charge in [0.1, 0.15) is 10.6 Å². The largest absolute Gasteiger partial charge is 0.484 e. The zero-order valence-electron chi connectivity index (χ0n) is 15.2. The SMILES string of the molecule is COC(=O)c1sc2cc(NC(=S)NNC(=O)COc3ccccc3)ccc2c1Cl. The van der Waals surface area contributed by atoms with E-state index >= 15 is 0 Å². The Hall–Kier alpha value is -2.88. The molecule has 0 bridgehead atoms. The number of benzene rings is 2. The van der Waals surface area contributed by atoms with Crippen LogP contribution >= 0.6 is 35.2 Å². The van der Waals surface area contributed by atoms with E-state index in [4.69, 9.17) is 33.3 Å². The molecule has 0 aliphatic carbocycles. The number of para-hydroxylation sites is 1. The zero-order chi connectivity index (χ0) is 20.8. The monoisotopic (exact) mass is 449 g/mol. The Morgan fingerprint density at radius 2 is 1.90 bits per heavy atom. The number of halogens is 1. The highest BCUT2D eigenvalue weighted by Gasteiger charge is 2.17. The number of carbonyl (C=O) groups is 2. The van der Waals surface area contributed by atoms with Gasteiger partial charge in [-0.25, -0.2) is 4.79 Å². The van der Waals surface area contributed by atoms with E-state index in [-0.39, 0.29) is 17.6 Å². The van der Waals surface area contributed by atoms with Gasteiger partial charge in [-0.05, 0) is 42.5 Å². The van der Waals surface area contributed by atoms with Gasteiger partial charge in [0.05, 0.1) is 12.1 Å². The lowest BCUT2D eigenvalue weighted by Gasteiger charge is -2.12. The van der Waals surface area contributed by atoms with Crippen molar-refractivity contribution >= 4 is 67.9 Å². The van der Waals surface area contributed by atoms with Crippen molar-refractivity contribution in [3.05, 3.63) is 58.4 Å². The normalized spacial score (nSPS) is 10.3. The van der Waals surface area contributed by atoms with Crippen LogP contribution in [0.1, 0.15) is 9.67 Å². The van der Waals surface area contributed by atoms with Crippen molar-refractivity contribution in [1.82, 2.24) is 10.9 Å². The van der Waals surface area contributed by atoms with Crippen molar-refractivity contribution < 1.29 is 19.1 Å². The first kappa shape index (κ1) is 20.8. The molecule has 0 radical (unpaired) electrons. The summed E-state index contributed by atoms with van der Waals surface area (Å²) in [6, 6.07) is 14.3. The number of carbonyl (C=O) groups excluding carboxylic acids is 2. The lowest BCUT2D eigenvalue weighted by Crippen LogP contribution is -2.45. The smallest absolute Gasteiger partial charge is 0.349 e. The van der Waals surface area contributed by atoms with E-state index < -0.39 is 5.97 Å². The predicted molar refractivity (Wildman–Crippen MR) is 118 cm³/mol. The highest BCUT2D eigenvalue weighted by molar-refractivity contribution is 7.80. The summed E-state index contributed by atoms with van der Waals surface area (Å²) in [6.45, 7) is -0.157. The third kappa shape index (κ3) is 5.35. The first-order valence-corrected chi connectivity index (χ1v) is 9.92. The number of hydrogen-bond acceptors (Lipinski definition) is 6. The molecule has 0 fully saturated rings. The minimum Gasteiger partial charge on any atom is -0.484 e. The Morgan fingerprint density at radius 3 is 2.62 bits per heavy atom. The van der Waals surface area contributed by atoms with Crippen LogP contribution in [0.25, 0.3) is 10.1 Å². The molecule has 0 saturated heterocycles. The molecular weight excluding hydrogens is 434 g/mol. The second-order valence-corrected chi connectivity index (χ2v) is 7.52. The zero-order valence-corrected chi connectivity index (χ0v) is 17.5. The number of thiophene rings is 1. The van der Waals surface area contributed by atoms with Gasteiger partial charge < -0.3 is 14.8 Å². The molecule has 150 valence electrons. The lowest BCUT2D eigenvalue weighted by molar-refractivity contribution is -0.123. The topological polar surface area (TPSA) is 88.7 Å². The van der Waals surface area contributed by atoms with Crippen molar-refractivity contribution in [2.45, 2.75) is 0 Å². The fourth-order valence-electron chi connectivity index (χ4n) is 2.36. The van der Waals surface area contributed by atoms with Crippen LogP contribution in [0, 0.1) is 0 Å². The second-order valence-electron chi connectivity index (χ2n) is 5.68. The Kier molecular flexibility index (Phi) is 6.86. The maximum atomic E-state index is 11.8. The number of ether oxygens (including phenoxy) is 2. The number of methoxy groups -OCH3 is 1. The molecule has 7 nitrogen and oxygen atoms in total. The summed E-state index contributed by atoms with van der Waals surface area (Å²) in [5.74, 6) is -0.276. The minimum atomic E-state index is -0.483. The standard InChI is InChI=1S/C19H16ClN3O4S2/c1-26-18(25)17-16(20)13-8-7-11(9-14(13)29-17)21-19(28)23-22-15(24)10-27-12-5-3-2-4-6-12/h2-9H,10H2,1H3,(H,22,24)(H2,21,23,28). The molecule has 0 spiro atoms. The summed E-state index contributed by atoms with van der Waals surface area (Å²) in [7, 11) is 1.30. The van der Waals surface area contributed by atoms with Gasteiger partial charge in [0.25, 0.3) is 5.91 Å². The number of fused-ring (bicyclic) bond motifs is 1. The van der Waals surface area contributed by atoms with Crippen LogP contribution in [0.3, 0.4) is 0 Å². The predicted octanol–water partition coefficient (Wildman–Crippen LogP) is 3.74. The van der Waals surface area contributed by atoms with E-state index in [1.54, 1.807) is 30.3 Å². The molecule has 0 saturated carbocycles. The summed E-state index contributed by atoms with van der Waals surface area (Å²) in [6.07, 6.45) is 0. The lowest BCUT2D eigenvalue weighted by atomic mass is 10.2. The molecule has 0 aliphatic rings. The molecule has 2 aromatic carbocycles. The Labute approximate surface area is 180 Å². The Bertz CT molecular complexity index is 1060. The summed E-state index contributed by atoms with van der Waals surface area (Å²) in [5, 5.41) is 4.24. The van der Waals surface area contributed by atoms with Gasteiger partial charge in [0.2, 0.25) is 0 Å². The molecule has 0 atom stereocenters. The van der Waals surface area contributed by atoms with Gasteiger partial charge in [0, 0.05) is 15.8 Å². The quantitative estimate of drug-likeness (QED) is 0.310. The molecule has 3 N–H and O–H groups in total. The van der Waals surface area contributed by atoms with Gasteiger partial charge in [-0.2, -0.15) is 0 Å². The van der Waals surface area contributed by atoms with E-state index in [0.717, 1.165) is 10.1 Å². The first-order valence-electron chi connectivity index (χ1n) is 8.32. The van der Waals surface area contributed by atoms with Crippen molar-refractivity contribution in [1.29, 1.82) is 0 Å². The van der Waals surface area contributed by atoms with E-state index in [1.807, 2.05) is 18.2 Å². The molecule has 1 heterocycles. The maximum Gasteiger partial charge on any atom is 0.349 e. The van der Waals surface area contributed by atoms with E-state index in [2.05, 4.69) is 16.2 Å². The summed E-state index contributed by atoms with van der Waals surface area (Å²) >= 11 is 12.6. The molecule has 10 heteroatoms. The second kappa shape index (κ2) is 9.55. The number of nitrogens with one attached hydrogen (secondary N) is 3. The van der Waals surface area contributed by atoms with Crippen LogP contribution < -0.4 is 20.9 Å². The number of hydrazine groups is 1. The molecule has 1 aromatic heterocycles. The van der Waals surface area contributed by atoms with Gasteiger partial charge >= 0.3 is 5.97 Å². The maximum absolute atomic E-state index is 11.8. The fourth-order valence-corrected chi connectivity index (χ4v) is 3.99. The van der Waals surface area contributed by atoms with Gasteiger partial charge in [0.15, 0.2) is 11.7 Å². The number of esters is 1. The molecular formula is C19H16ClN3O4S2.